The SMILES string of the molecule is CC1=CC(C)N=C1.c1ccccc1. The molecule has 0 saturated carbocycles. The second kappa shape index (κ2) is 5.31. The summed E-state index contributed by atoms with van der Waals surface area (Å²) in [5.74, 6) is 0. The van der Waals surface area contributed by atoms with Gasteiger partial charge < -0.3 is 0 Å². The lowest BCUT2D eigenvalue weighted by Gasteiger charge is -1.85. The van der Waals surface area contributed by atoms with E-state index in [0.29, 0.717) is 6.04 Å². The van der Waals surface area contributed by atoms with E-state index in [2.05, 4.69) is 24.9 Å². The van der Waals surface area contributed by atoms with Crippen LogP contribution in [0.1, 0.15) is 13.8 Å². The van der Waals surface area contributed by atoms with E-state index in [4.69, 9.17) is 0 Å². The first-order valence-corrected chi connectivity index (χ1v) is 4.50. The molecule has 1 atom stereocenters. The normalized spacial score (nSPS) is 18.9. The van der Waals surface area contributed by atoms with Gasteiger partial charge in [-0.3, -0.25) is 4.99 Å². The van der Waals surface area contributed by atoms with Crippen LogP contribution in [-0.4, -0.2) is 12.3 Å². The standard InChI is InChI=1S/C6H9N.C6H6/c1-5-3-6(2)7-4-5;1-2-4-6-5-3-1/h3-4,6H,1-2H3;1-6H. The van der Waals surface area contributed by atoms with Gasteiger partial charge in [0.15, 0.2) is 0 Å². The summed E-state index contributed by atoms with van der Waals surface area (Å²) < 4.78 is 0. The summed E-state index contributed by atoms with van der Waals surface area (Å²) >= 11 is 0. The van der Waals surface area contributed by atoms with Crippen molar-refractivity contribution in [2.24, 2.45) is 4.99 Å². The van der Waals surface area contributed by atoms with E-state index in [1.165, 1.54) is 5.57 Å². The molecule has 0 aromatic heterocycles. The van der Waals surface area contributed by atoms with Crippen molar-refractivity contribution >= 4 is 6.21 Å². The van der Waals surface area contributed by atoms with Crippen LogP contribution >= 0.6 is 0 Å². The molecule has 0 bridgehead atoms. The molecule has 1 heterocycles. The molecule has 0 fully saturated rings. The summed E-state index contributed by atoms with van der Waals surface area (Å²) in [7, 11) is 0. The third kappa shape index (κ3) is 4.26. The number of hydrogen-bond donors (Lipinski definition) is 0. The molecule has 1 aromatic carbocycles. The number of nitrogens with zero attached hydrogens (tertiary/aromatic N) is 1. The molecule has 1 aliphatic heterocycles. The van der Waals surface area contributed by atoms with Crippen molar-refractivity contribution in [1.29, 1.82) is 0 Å². The lowest BCUT2D eigenvalue weighted by atomic mass is 10.3. The minimum Gasteiger partial charge on any atom is -0.286 e. The highest BCUT2D eigenvalue weighted by atomic mass is 14.8. The van der Waals surface area contributed by atoms with Crippen molar-refractivity contribution in [3.05, 3.63) is 48.0 Å². The first kappa shape index (κ1) is 9.72. The van der Waals surface area contributed by atoms with Gasteiger partial charge in [0, 0.05) is 6.21 Å². The van der Waals surface area contributed by atoms with Gasteiger partial charge in [-0.05, 0) is 19.4 Å². The maximum Gasteiger partial charge on any atom is 0.0657 e. The molecule has 0 radical (unpaired) electrons. The highest BCUT2D eigenvalue weighted by molar-refractivity contribution is 5.80. The van der Waals surface area contributed by atoms with Gasteiger partial charge in [-0.2, -0.15) is 0 Å². The quantitative estimate of drug-likeness (QED) is 0.571. The van der Waals surface area contributed by atoms with Crippen LogP contribution in [0.25, 0.3) is 0 Å². The first-order valence-electron chi connectivity index (χ1n) is 4.50. The third-order valence-corrected chi connectivity index (χ3v) is 1.68. The molecule has 0 N–H and O–H groups in total. The lowest BCUT2D eigenvalue weighted by molar-refractivity contribution is 0.948. The average molecular weight is 173 g/mol. The summed E-state index contributed by atoms with van der Waals surface area (Å²) in [5, 5.41) is 0. The second-order valence-corrected chi connectivity index (χ2v) is 3.08. The largest absolute Gasteiger partial charge is 0.286 e. The number of hydrogen-bond acceptors (Lipinski definition) is 1. The minimum absolute atomic E-state index is 0.431. The smallest absolute Gasteiger partial charge is 0.0657 e. The molecule has 1 unspecified atom stereocenters. The fraction of sp³-hybridized carbons (Fsp3) is 0.250. The number of allylic oxidation sites excluding steroid dienone is 1. The average Bonchev–Trinajstić information content (AvgIpc) is 2.54. The molecule has 13 heavy (non-hydrogen) atoms. The van der Waals surface area contributed by atoms with Gasteiger partial charge in [-0.1, -0.05) is 42.5 Å². The zero-order chi connectivity index (χ0) is 9.52. The molecule has 1 aliphatic rings. The van der Waals surface area contributed by atoms with Gasteiger partial charge >= 0.3 is 0 Å². The van der Waals surface area contributed by atoms with Gasteiger partial charge in [-0.15, -0.1) is 0 Å². The Morgan fingerprint density at radius 2 is 1.46 bits per heavy atom. The first-order chi connectivity index (χ1) is 6.29. The maximum atomic E-state index is 4.10. The fourth-order valence-corrected chi connectivity index (χ4v) is 1.09. The van der Waals surface area contributed by atoms with Crippen LogP contribution in [0.3, 0.4) is 0 Å². The zero-order valence-electron chi connectivity index (χ0n) is 8.14. The van der Waals surface area contributed by atoms with Crippen LogP contribution in [0.15, 0.2) is 53.0 Å². The number of rotatable bonds is 0. The van der Waals surface area contributed by atoms with E-state index in [-0.39, 0.29) is 0 Å². The Hall–Kier alpha value is -1.37. The van der Waals surface area contributed by atoms with Gasteiger partial charge in [0.05, 0.1) is 6.04 Å². The predicted molar refractivity (Wildman–Crippen MR) is 58.2 cm³/mol. The number of aliphatic imine (C=N–C) groups is 1. The van der Waals surface area contributed by atoms with Crippen molar-refractivity contribution in [1.82, 2.24) is 0 Å². The molecular formula is C12H15N. The van der Waals surface area contributed by atoms with Crippen LogP contribution in [0, 0.1) is 0 Å². The van der Waals surface area contributed by atoms with Crippen molar-refractivity contribution in [2.45, 2.75) is 19.9 Å². The molecule has 0 saturated heterocycles. The van der Waals surface area contributed by atoms with Crippen LogP contribution in [-0.2, 0) is 0 Å². The van der Waals surface area contributed by atoms with Gasteiger partial charge in [0.1, 0.15) is 0 Å². The van der Waals surface area contributed by atoms with Crippen LogP contribution < -0.4 is 0 Å². The summed E-state index contributed by atoms with van der Waals surface area (Å²) in [6, 6.07) is 12.4. The molecule has 1 nitrogen and oxygen atoms in total. The fourth-order valence-electron chi connectivity index (χ4n) is 1.09. The van der Waals surface area contributed by atoms with Crippen LogP contribution in [0.4, 0.5) is 0 Å². The van der Waals surface area contributed by atoms with Gasteiger partial charge in [0.25, 0.3) is 0 Å². The van der Waals surface area contributed by atoms with Crippen molar-refractivity contribution < 1.29 is 0 Å². The highest BCUT2D eigenvalue weighted by Gasteiger charge is 1.97. The Kier molecular flexibility index (Phi) is 3.97. The molecule has 0 aliphatic carbocycles. The summed E-state index contributed by atoms with van der Waals surface area (Å²) in [6.45, 7) is 4.14. The number of benzene rings is 1. The lowest BCUT2D eigenvalue weighted by Crippen LogP contribution is -1.83. The molecule has 2 rings (SSSR count). The van der Waals surface area contributed by atoms with Crippen molar-refractivity contribution in [2.75, 3.05) is 0 Å². The monoisotopic (exact) mass is 173 g/mol. The van der Waals surface area contributed by atoms with E-state index in [9.17, 15) is 0 Å². The van der Waals surface area contributed by atoms with Crippen LogP contribution in [0.2, 0.25) is 0 Å². The molecule has 1 aromatic rings. The van der Waals surface area contributed by atoms with E-state index in [1.807, 2.05) is 42.6 Å². The van der Waals surface area contributed by atoms with Crippen LogP contribution in [0.5, 0.6) is 0 Å². The van der Waals surface area contributed by atoms with Gasteiger partial charge in [0.2, 0.25) is 0 Å². The topological polar surface area (TPSA) is 12.4 Å². The van der Waals surface area contributed by atoms with Crippen molar-refractivity contribution in [3.63, 3.8) is 0 Å². The summed E-state index contributed by atoms with van der Waals surface area (Å²) in [6.07, 6.45) is 4.05. The van der Waals surface area contributed by atoms with Crippen molar-refractivity contribution in [3.8, 4) is 0 Å². The maximum absolute atomic E-state index is 4.10. The van der Waals surface area contributed by atoms with E-state index < -0.39 is 0 Å². The van der Waals surface area contributed by atoms with E-state index >= 15 is 0 Å². The Labute approximate surface area is 79.8 Å². The molecule has 1 heteroatoms. The summed E-state index contributed by atoms with van der Waals surface area (Å²) in [5.41, 5.74) is 1.28. The zero-order valence-corrected chi connectivity index (χ0v) is 8.14. The third-order valence-electron chi connectivity index (χ3n) is 1.68. The Morgan fingerprint density at radius 1 is 1.00 bits per heavy atom. The summed E-state index contributed by atoms with van der Waals surface area (Å²) in [4.78, 5) is 4.10. The highest BCUT2D eigenvalue weighted by Crippen LogP contribution is 2.03. The molecule has 0 amide bonds. The Bertz CT molecular complexity index is 259. The predicted octanol–water partition coefficient (Wildman–Crippen LogP) is 3.09. The molecule has 0 spiro atoms. The Balaban J connectivity index is 0.000000132. The minimum atomic E-state index is 0.431. The van der Waals surface area contributed by atoms with E-state index in [0.717, 1.165) is 0 Å². The van der Waals surface area contributed by atoms with Gasteiger partial charge in [-0.25, -0.2) is 0 Å². The van der Waals surface area contributed by atoms with E-state index in [1.54, 1.807) is 0 Å². The second-order valence-electron chi connectivity index (χ2n) is 3.08. The molecular weight excluding hydrogens is 158 g/mol. The Morgan fingerprint density at radius 3 is 1.62 bits per heavy atom. The molecule has 68 valence electrons.